The summed E-state index contributed by atoms with van der Waals surface area (Å²) in [4.78, 5) is 28.5. The number of rotatable bonds is 3. The van der Waals surface area contributed by atoms with Crippen LogP contribution in [0.3, 0.4) is 0 Å². The number of amides is 2. The van der Waals surface area contributed by atoms with Crippen molar-refractivity contribution in [3.63, 3.8) is 0 Å². The predicted molar refractivity (Wildman–Crippen MR) is 80.6 cm³/mol. The highest BCUT2D eigenvalue weighted by Crippen LogP contribution is 2.48. The van der Waals surface area contributed by atoms with E-state index in [2.05, 4.69) is 15.1 Å². The lowest BCUT2D eigenvalue weighted by atomic mass is 9.87. The largest absolute Gasteiger partial charge is 0.358 e. The maximum atomic E-state index is 12.8. The zero-order valence-electron chi connectivity index (χ0n) is 13.0. The van der Waals surface area contributed by atoms with E-state index in [-0.39, 0.29) is 5.91 Å². The van der Waals surface area contributed by atoms with Crippen molar-refractivity contribution in [1.82, 2.24) is 15.1 Å². The molecule has 0 unspecified atom stereocenters. The van der Waals surface area contributed by atoms with E-state index in [1.807, 2.05) is 0 Å². The molecule has 1 saturated heterocycles. The van der Waals surface area contributed by atoms with Gasteiger partial charge in [-0.3, -0.25) is 14.5 Å². The van der Waals surface area contributed by atoms with E-state index in [1.165, 1.54) is 19.3 Å². The van der Waals surface area contributed by atoms with Gasteiger partial charge in [0, 0.05) is 39.1 Å². The Balaban J connectivity index is 1.52. The number of carbonyl (C=O) groups is 2. The molecule has 21 heavy (non-hydrogen) atoms. The fourth-order valence-corrected chi connectivity index (χ4v) is 4.41. The van der Waals surface area contributed by atoms with Crippen molar-refractivity contribution in [2.75, 3.05) is 39.8 Å². The standard InChI is InChI=1S/C16H27N3O2/c1-17-15(20)11-18-5-2-6-19(8-7-18)16(21)14-10-12-3-4-13(14)9-12/h12-14H,2-11H2,1H3,(H,17,20)/t12-,13-,14-/m0/s1. The second-order valence-corrected chi connectivity index (χ2v) is 6.91. The molecule has 118 valence electrons. The summed E-state index contributed by atoms with van der Waals surface area (Å²) in [5.41, 5.74) is 0. The summed E-state index contributed by atoms with van der Waals surface area (Å²) in [6, 6.07) is 0. The molecule has 3 atom stereocenters. The van der Waals surface area contributed by atoms with E-state index in [0.717, 1.165) is 44.9 Å². The number of nitrogens with zero attached hydrogens (tertiary/aromatic N) is 2. The van der Waals surface area contributed by atoms with Gasteiger partial charge < -0.3 is 10.2 Å². The summed E-state index contributed by atoms with van der Waals surface area (Å²) in [7, 11) is 1.67. The van der Waals surface area contributed by atoms with Crippen molar-refractivity contribution in [3.8, 4) is 0 Å². The summed E-state index contributed by atoms with van der Waals surface area (Å²) >= 11 is 0. The van der Waals surface area contributed by atoms with E-state index in [9.17, 15) is 9.59 Å². The van der Waals surface area contributed by atoms with Gasteiger partial charge in [0.05, 0.1) is 6.54 Å². The van der Waals surface area contributed by atoms with Gasteiger partial charge in [-0.15, -0.1) is 0 Å². The van der Waals surface area contributed by atoms with Crippen LogP contribution < -0.4 is 5.32 Å². The van der Waals surface area contributed by atoms with Crippen molar-refractivity contribution in [3.05, 3.63) is 0 Å². The number of nitrogens with one attached hydrogen (secondary N) is 1. The Morgan fingerprint density at radius 1 is 1.10 bits per heavy atom. The van der Waals surface area contributed by atoms with Crippen LogP contribution in [0.5, 0.6) is 0 Å². The maximum Gasteiger partial charge on any atom is 0.233 e. The van der Waals surface area contributed by atoms with Gasteiger partial charge >= 0.3 is 0 Å². The Kier molecular flexibility index (Phi) is 4.48. The average Bonchev–Trinajstić information content (AvgIpc) is 3.05. The molecule has 2 bridgehead atoms. The third-order valence-electron chi connectivity index (χ3n) is 5.60. The highest BCUT2D eigenvalue weighted by Gasteiger charge is 2.44. The first-order valence-electron chi connectivity index (χ1n) is 8.39. The van der Waals surface area contributed by atoms with Crippen LogP contribution in [0.2, 0.25) is 0 Å². The normalized spacial score (nSPS) is 33.0. The fraction of sp³-hybridized carbons (Fsp3) is 0.875. The van der Waals surface area contributed by atoms with Crippen LogP contribution in [0, 0.1) is 17.8 Å². The van der Waals surface area contributed by atoms with E-state index in [0.29, 0.717) is 24.3 Å². The van der Waals surface area contributed by atoms with Gasteiger partial charge in [0.25, 0.3) is 0 Å². The summed E-state index contributed by atoms with van der Waals surface area (Å²) < 4.78 is 0. The van der Waals surface area contributed by atoms with Crippen LogP contribution in [-0.4, -0.2) is 61.4 Å². The SMILES string of the molecule is CNC(=O)CN1CCCN(C(=O)[C@H]2C[C@H]3CC[C@H]2C3)CC1. The first-order valence-corrected chi connectivity index (χ1v) is 8.39. The lowest BCUT2D eigenvalue weighted by Crippen LogP contribution is -2.41. The van der Waals surface area contributed by atoms with Crippen LogP contribution in [0.25, 0.3) is 0 Å². The Morgan fingerprint density at radius 3 is 2.62 bits per heavy atom. The minimum Gasteiger partial charge on any atom is -0.358 e. The van der Waals surface area contributed by atoms with Gasteiger partial charge in [0.2, 0.25) is 11.8 Å². The Morgan fingerprint density at radius 2 is 1.95 bits per heavy atom. The van der Waals surface area contributed by atoms with Gasteiger partial charge in [0.1, 0.15) is 0 Å². The quantitative estimate of drug-likeness (QED) is 0.833. The molecule has 2 saturated carbocycles. The molecule has 0 aromatic heterocycles. The zero-order chi connectivity index (χ0) is 14.8. The van der Waals surface area contributed by atoms with Crippen molar-refractivity contribution >= 4 is 11.8 Å². The Labute approximate surface area is 127 Å². The summed E-state index contributed by atoms with van der Waals surface area (Å²) in [5.74, 6) is 2.23. The number of carbonyl (C=O) groups excluding carboxylic acids is 2. The predicted octanol–water partition coefficient (Wildman–Crippen LogP) is 0.703. The summed E-state index contributed by atoms with van der Waals surface area (Å²) in [6.45, 7) is 3.82. The second-order valence-electron chi connectivity index (χ2n) is 6.91. The molecule has 0 radical (unpaired) electrons. The Hall–Kier alpha value is -1.10. The van der Waals surface area contributed by atoms with Crippen molar-refractivity contribution in [2.45, 2.75) is 32.1 Å². The number of hydrogen-bond acceptors (Lipinski definition) is 3. The highest BCUT2D eigenvalue weighted by molar-refractivity contribution is 5.80. The van der Waals surface area contributed by atoms with Crippen molar-refractivity contribution in [1.29, 1.82) is 0 Å². The number of hydrogen-bond donors (Lipinski definition) is 1. The monoisotopic (exact) mass is 293 g/mol. The molecule has 3 fully saturated rings. The molecule has 1 aliphatic heterocycles. The molecule has 0 aromatic rings. The summed E-state index contributed by atoms with van der Waals surface area (Å²) in [5, 5.41) is 2.67. The van der Waals surface area contributed by atoms with Gasteiger partial charge in [-0.25, -0.2) is 0 Å². The molecule has 0 spiro atoms. The molecule has 1 N–H and O–H groups in total. The van der Waals surface area contributed by atoms with E-state index in [4.69, 9.17) is 0 Å². The summed E-state index contributed by atoms with van der Waals surface area (Å²) in [6.07, 6.45) is 5.99. The van der Waals surface area contributed by atoms with Crippen LogP contribution >= 0.6 is 0 Å². The molecule has 3 aliphatic rings. The lowest BCUT2D eigenvalue weighted by Gasteiger charge is -2.28. The minimum atomic E-state index is 0.0582. The first kappa shape index (κ1) is 14.8. The van der Waals surface area contributed by atoms with E-state index < -0.39 is 0 Å². The van der Waals surface area contributed by atoms with Crippen LogP contribution in [0.1, 0.15) is 32.1 Å². The van der Waals surface area contributed by atoms with Gasteiger partial charge in [-0.1, -0.05) is 6.42 Å². The van der Waals surface area contributed by atoms with Gasteiger partial charge in [0.15, 0.2) is 0 Å². The number of fused-ring (bicyclic) bond motifs is 2. The molecule has 5 nitrogen and oxygen atoms in total. The topological polar surface area (TPSA) is 52.7 Å². The van der Waals surface area contributed by atoms with E-state index in [1.54, 1.807) is 7.05 Å². The molecule has 3 rings (SSSR count). The van der Waals surface area contributed by atoms with Crippen LogP contribution in [-0.2, 0) is 9.59 Å². The van der Waals surface area contributed by atoms with Crippen LogP contribution in [0.15, 0.2) is 0 Å². The minimum absolute atomic E-state index is 0.0582. The van der Waals surface area contributed by atoms with Crippen molar-refractivity contribution < 1.29 is 9.59 Å². The molecular formula is C16H27N3O2. The smallest absolute Gasteiger partial charge is 0.233 e. The lowest BCUT2D eigenvalue weighted by molar-refractivity contribution is -0.137. The van der Waals surface area contributed by atoms with Gasteiger partial charge in [-0.05, 0) is 37.5 Å². The molecular weight excluding hydrogens is 266 g/mol. The second kappa shape index (κ2) is 6.34. The molecule has 1 heterocycles. The highest BCUT2D eigenvalue weighted by atomic mass is 16.2. The molecule has 0 aromatic carbocycles. The zero-order valence-corrected chi connectivity index (χ0v) is 13.0. The molecule has 5 heteroatoms. The maximum absolute atomic E-state index is 12.8. The van der Waals surface area contributed by atoms with Crippen LogP contribution in [0.4, 0.5) is 0 Å². The molecule has 2 amide bonds. The third kappa shape index (κ3) is 3.23. The number of likely N-dealkylation sites (N-methyl/N-ethyl adjacent to an activating group) is 1. The van der Waals surface area contributed by atoms with E-state index >= 15 is 0 Å². The fourth-order valence-electron chi connectivity index (χ4n) is 4.41. The average molecular weight is 293 g/mol. The first-order chi connectivity index (χ1) is 10.2. The molecule has 2 aliphatic carbocycles. The van der Waals surface area contributed by atoms with Crippen molar-refractivity contribution in [2.24, 2.45) is 17.8 Å². The van der Waals surface area contributed by atoms with Gasteiger partial charge in [-0.2, -0.15) is 0 Å². The third-order valence-corrected chi connectivity index (χ3v) is 5.60. The Bertz CT molecular complexity index is 412.